The number of nitriles is 1. The molecule has 28 heavy (non-hydrogen) atoms. The van der Waals surface area contributed by atoms with E-state index in [1.54, 1.807) is 18.2 Å². The molecule has 0 saturated heterocycles. The van der Waals surface area contributed by atoms with E-state index in [0.717, 1.165) is 15.1 Å². The molecule has 0 saturated carbocycles. The van der Waals surface area contributed by atoms with Crippen LogP contribution in [0.25, 0.3) is 16.3 Å². The highest BCUT2D eigenvalue weighted by molar-refractivity contribution is 7.99. The van der Waals surface area contributed by atoms with Gasteiger partial charge in [-0.15, -0.1) is 23.1 Å². The van der Waals surface area contributed by atoms with Crippen LogP contribution in [0.3, 0.4) is 0 Å². The number of carbonyl (C=O) groups excluding carboxylic acids is 2. The minimum absolute atomic E-state index is 0.276. The number of esters is 1. The molecule has 0 atom stereocenters. The molecule has 1 N–H and O–H groups in total. The normalized spacial score (nSPS) is 10.7. The van der Waals surface area contributed by atoms with E-state index < -0.39 is 18.5 Å². The summed E-state index contributed by atoms with van der Waals surface area (Å²) in [5.41, 5.74) is 1.45. The Morgan fingerprint density at radius 2 is 2.00 bits per heavy atom. The molecule has 3 rings (SSSR count). The van der Waals surface area contributed by atoms with Crippen LogP contribution < -0.4 is 5.32 Å². The highest BCUT2D eigenvalue weighted by Gasteiger charge is 2.09. The van der Waals surface area contributed by atoms with Crippen LogP contribution in [-0.4, -0.2) is 29.2 Å². The van der Waals surface area contributed by atoms with Crippen LogP contribution in [0.5, 0.6) is 0 Å². The number of thiazole rings is 1. The van der Waals surface area contributed by atoms with E-state index >= 15 is 0 Å². The Bertz CT molecular complexity index is 1040. The Balaban J connectivity index is 1.52. The second-order valence-corrected chi connectivity index (χ2v) is 7.53. The molecule has 0 unspecified atom stereocenters. The van der Waals surface area contributed by atoms with Crippen LogP contribution in [0.15, 0.2) is 59.5 Å². The fraction of sp³-hybridized carbons (Fsp3) is 0.100. The summed E-state index contributed by atoms with van der Waals surface area (Å²) >= 11 is 2.78. The van der Waals surface area contributed by atoms with E-state index in [-0.39, 0.29) is 5.75 Å². The lowest BCUT2D eigenvalue weighted by Crippen LogP contribution is -2.20. The number of amides is 1. The minimum atomic E-state index is -0.624. The summed E-state index contributed by atoms with van der Waals surface area (Å²) in [6.45, 7) is -0.403. The maximum atomic E-state index is 12.0. The SMILES string of the molecule is N#CCSc1ccccc1NC(=O)COC(=O)/C=C/c1nc2ccccc2s1. The zero-order chi connectivity index (χ0) is 19.8. The van der Waals surface area contributed by atoms with Crippen molar-refractivity contribution in [1.82, 2.24) is 4.98 Å². The number of thioether (sulfide) groups is 1. The van der Waals surface area contributed by atoms with E-state index in [1.807, 2.05) is 42.5 Å². The molecule has 1 heterocycles. The summed E-state index contributed by atoms with van der Waals surface area (Å²) in [6, 6.07) is 16.9. The van der Waals surface area contributed by atoms with Crippen molar-refractivity contribution in [2.75, 3.05) is 17.7 Å². The molecule has 0 aliphatic rings. The molecule has 6 nitrogen and oxygen atoms in total. The Morgan fingerprint density at radius 3 is 2.82 bits per heavy atom. The number of aromatic nitrogens is 1. The van der Waals surface area contributed by atoms with Crippen molar-refractivity contribution in [2.45, 2.75) is 4.90 Å². The van der Waals surface area contributed by atoms with Crippen LogP contribution in [0.1, 0.15) is 5.01 Å². The molecule has 1 aromatic heterocycles. The third-order valence-corrected chi connectivity index (χ3v) is 5.41. The van der Waals surface area contributed by atoms with Crippen molar-refractivity contribution >= 4 is 57.0 Å². The van der Waals surface area contributed by atoms with Crippen molar-refractivity contribution in [1.29, 1.82) is 5.26 Å². The second kappa shape index (κ2) is 9.69. The fourth-order valence-corrected chi connectivity index (χ4v) is 3.82. The minimum Gasteiger partial charge on any atom is -0.452 e. The number of benzene rings is 2. The number of nitrogens with zero attached hydrogens (tertiary/aromatic N) is 2. The highest BCUT2D eigenvalue weighted by Crippen LogP contribution is 2.26. The van der Waals surface area contributed by atoms with Crippen molar-refractivity contribution in [3.05, 3.63) is 59.6 Å². The van der Waals surface area contributed by atoms with Crippen molar-refractivity contribution < 1.29 is 14.3 Å². The third kappa shape index (κ3) is 5.42. The molecule has 2 aromatic carbocycles. The summed E-state index contributed by atoms with van der Waals surface area (Å²) in [4.78, 5) is 29.0. The van der Waals surface area contributed by atoms with Gasteiger partial charge in [0.15, 0.2) is 6.61 Å². The van der Waals surface area contributed by atoms with Crippen molar-refractivity contribution in [3.63, 3.8) is 0 Å². The van der Waals surface area contributed by atoms with Gasteiger partial charge in [-0.2, -0.15) is 5.26 Å². The molecule has 8 heteroatoms. The molecule has 3 aromatic rings. The van der Waals surface area contributed by atoms with Gasteiger partial charge in [0.25, 0.3) is 5.91 Å². The molecular weight excluding hydrogens is 394 g/mol. The maximum absolute atomic E-state index is 12.0. The third-order valence-electron chi connectivity index (χ3n) is 3.47. The summed E-state index contributed by atoms with van der Waals surface area (Å²) in [7, 11) is 0. The van der Waals surface area contributed by atoms with Gasteiger partial charge in [-0.05, 0) is 30.3 Å². The van der Waals surface area contributed by atoms with Gasteiger partial charge in [0.05, 0.1) is 27.7 Å². The Kier molecular flexibility index (Phi) is 6.78. The zero-order valence-corrected chi connectivity index (χ0v) is 16.3. The summed E-state index contributed by atoms with van der Waals surface area (Å²) in [5.74, 6) is -0.799. The molecule has 0 fully saturated rings. The van der Waals surface area contributed by atoms with Gasteiger partial charge in [-0.1, -0.05) is 24.3 Å². The smallest absolute Gasteiger partial charge is 0.331 e. The van der Waals surface area contributed by atoms with Gasteiger partial charge in [-0.25, -0.2) is 9.78 Å². The quantitative estimate of drug-likeness (QED) is 0.359. The lowest BCUT2D eigenvalue weighted by Gasteiger charge is -2.09. The van der Waals surface area contributed by atoms with Gasteiger partial charge in [0.1, 0.15) is 5.01 Å². The van der Waals surface area contributed by atoms with Gasteiger partial charge in [0, 0.05) is 11.0 Å². The first-order valence-corrected chi connectivity index (χ1v) is 10.0. The lowest BCUT2D eigenvalue weighted by molar-refractivity contribution is -0.142. The van der Waals surface area contributed by atoms with Gasteiger partial charge >= 0.3 is 5.97 Å². The molecule has 140 valence electrons. The predicted octanol–water partition coefficient (Wildman–Crippen LogP) is 4.11. The van der Waals surface area contributed by atoms with E-state index in [9.17, 15) is 9.59 Å². The van der Waals surface area contributed by atoms with Crippen LogP contribution in [0, 0.1) is 11.3 Å². The van der Waals surface area contributed by atoms with Crippen LogP contribution in [-0.2, 0) is 14.3 Å². The molecule has 1 amide bonds. The molecule has 0 radical (unpaired) electrons. The van der Waals surface area contributed by atoms with Gasteiger partial charge < -0.3 is 10.1 Å². The summed E-state index contributed by atoms with van der Waals surface area (Å²) in [6.07, 6.45) is 2.82. The first-order valence-electron chi connectivity index (χ1n) is 8.25. The first-order chi connectivity index (χ1) is 13.7. The van der Waals surface area contributed by atoms with Crippen molar-refractivity contribution in [2.24, 2.45) is 0 Å². The number of hydrogen-bond donors (Lipinski definition) is 1. The maximum Gasteiger partial charge on any atom is 0.331 e. The molecule has 0 bridgehead atoms. The fourth-order valence-electron chi connectivity index (χ4n) is 2.28. The lowest BCUT2D eigenvalue weighted by atomic mass is 10.3. The number of hydrogen-bond acceptors (Lipinski definition) is 7. The zero-order valence-electron chi connectivity index (χ0n) is 14.6. The predicted molar refractivity (Wildman–Crippen MR) is 111 cm³/mol. The summed E-state index contributed by atoms with van der Waals surface area (Å²) < 4.78 is 6.00. The van der Waals surface area contributed by atoms with Gasteiger partial charge in [-0.3, -0.25) is 4.79 Å². The first kappa shape index (κ1) is 19.6. The average molecular weight is 409 g/mol. The van der Waals surface area contributed by atoms with Crippen LogP contribution in [0.2, 0.25) is 0 Å². The highest BCUT2D eigenvalue weighted by atomic mass is 32.2. The van der Waals surface area contributed by atoms with Crippen LogP contribution in [0.4, 0.5) is 5.69 Å². The number of nitrogens with one attached hydrogen (secondary N) is 1. The van der Waals surface area contributed by atoms with E-state index in [1.165, 1.54) is 29.2 Å². The Morgan fingerprint density at radius 1 is 1.21 bits per heavy atom. The summed E-state index contributed by atoms with van der Waals surface area (Å²) in [5, 5.41) is 12.1. The van der Waals surface area contributed by atoms with E-state index in [0.29, 0.717) is 10.7 Å². The number of ether oxygens (including phenoxy) is 1. The monoisotopic (exact) mass is 409 g/mol. The van der Waals surface area contributed by atoms with Gasteiger partial charge in [0.2, 0.25) is 0 Å². The largest absolute Gasteiger partial charge is 0.452 e. The Hall–Kier alpha value is -3.15. The second-order valence-electron chi connectivity index (χ2n) is 5.45. The number of anilines is 1. The number of fused-ring (bicyclic) bond motifs is 1. The number of carbonyl (C=O) groups is 2. The number of para-hydroxylation sites is 2. The topological polar surface area (TPSA) is 92.1 Å². The van der Waals surface area contributed by atoms with E-state index in [2.05, 4.69) is 10.3 Å². The standard InChI is InChI=1S/C20H15N3O3S2/c21-11-12-27-16-7-3-1-5-14(16)22-18(24)13-26-20(25)10-9-19-23-15-6-2-4-8-17(15)28-19/h1-10H,12-13H2,(H,22,24)/b10-9+. The number of rotatable bonds is 7. The van der Waals surface area contributed by atoms with Crippen LogP contribution >= 0.6 is 23.1 Å². The average Bonchev–Trinajstić information content (AvgIpc) is 3.13. The van der Waals surface area contributed by atoms with Crippen molar-refractivity contribution in [3.8, 4) is 6.07 Å². The molecule has 0 aliphatic heterocycles. The molecule has 0 spiro atoms. The molecule has 0 aliphatic carbocycles. The molecular formula is C20H15N3O3S2. The van der Waals surface area contributed by atoms with E-state index in [4.69, 9.17) is 10.00 Å². The Labute approximate surface area is 169 Å².